The second-order valence-corrected chi connectivity index (χ2v) is 4.10. The number of nitrogens with zero attached hydrogens (tertiary/aromatic N) is 1. The first-order chi connectivity index (χ1) is 6.02. The summed E-state index contributed by atoms with van der Waals surface area (Å²) < 4.78 is 0. The largest absolute Gasteiger partial charge is 0.341 e. The molecule has 1 aliphatic rings. The molecule has 0 unspecified atom stereocenters. The summed E-state index contributed by atoms with van der Waals surface area (Å²) >= 11 is 0. The van der Waals surface area contributed by atoms with Crippen LogP contribution < -0.4 is 5.73 Å². The van der Waals surface area contributed by atoms with Crippen LogP contribution in [0.15, 0.2) is 12.2 Å². The first-order valence-corrected chi connectivity index (χ1v) is 4.62. The van der Waals surface area contributed by atoms with E-state index >= 15 is 0 Å². The van der Waals surface area contributed by atoms with Crippen molar-refractivity contribution in [1.29, 1.82) is 0 Å². The van der Waals surface area contributed by atoms with Crippen molar-refractivity contribution < 1.29 is 4.79 Å². The molecule has 0 aliphatic heterocycles. The van der Waals surface area contributed by atoms with Crippen LogP contribution in [0.3, 0.4) is 0 Å². The van der Waals surface area contributed by atoms with Crippen LogP contribution in [0.25, 0.3) is 0 Å². The Kier molecular flexibility index (Phi) is 2.76. The normalized spacial score (nSPS) is 18.1. The van der Waals surface area contributed by atoms with Crippen molar-refractivity contribution in [1.82, 2.24) is 4.90 Å². The van der Waals surface area contributed by atoms with Crippen LogP contribution in [0.4, 0.5) is 0 Å². The topological polar surface area (TPSA) is 46.3 Å². The molecule has 1 saturated carbocycles. The molecule has 0 heterocycles. The predicted octanol–water partition coefficient (Wildman–Crippen LogP) is 0.760. The van der Waals surface area contributed by atoms with Gasteiger partial charge in [-0.3, -0.25) is 4.79 Å². The van der Waals surface area contributed by atoms with E-state index in [-0.39, 0.29) is 11.3 Å². The van der Waals surface area contributed by atoms with Crippen LogP contribution >= 0.6 is 0 Å². The van der Waals surface area contributed by atoms with Crippen LogP contribution in [0, 0.1) is 5.41 Å². The molecule has 0 saturated heterocycles. The van der Waals surface area contributed by atoms with E-state index in [1.165, 1.54) is 0 Å². The van der Waals surface area contributed by atoms with Crippen molar-refractivity contribution in [2.24, 2.45) is 11.1 Å². The molecule has 3 heteroatoms. The highest BCUT2D eigenvalue weighted by molar-refractivity contribution is 5.85. The molecule has 74 valence electrons. The van der Waals surface area contributed by atoms with E-state index in [9.17, 15) is 4.79 Å². The van der Waals surface area contributed by atoms with Crippen LogP contribution in [-0.4, -0.2) is 30.9 Å². The predicted molar refractivity (Wildman–Crippen MR) is 53.2 cm³/mol. The molecule has 0 atom stereocenters. The molecule has 1 fully saturated rings. The van der Waals surface area contributed by atoms with Crippen molar-refractivity contribution in [3.05, 3.63) is 12.2 Å². The minimum Gasteiger partial charge on any atom is -0.341 e. The Morgan fingerprint density at radius 2 is 2.15 bits per heavy atom. The minimum atomic E-state index is -0.218. The summed E-state index contributed by atoms with van der Waals surface area (Å²) in [5, 5.41) is 0. The molecular formula is C10H18N2O. The van der Waals surface area contributed by atoms with Gasteiger partial charge in [0, 0.05) is 20.1 Å². The monoisotopic (exact) mass is 182 g/mol. The average Bonchev–Trinajstić information content (AvgIpc) is 2.82. The van der Waals surface area contributed by atoms with E-state index in [0.29, 0.717) is 13.1 Å². The Labute approximate surface area is 79.6 Å². The maximum atomic E-state index is 11.8. The van der Waals surface area contributed by atoms with E-state index in [1.807, 2.05) is 14.0 Å². The van der Waals surface area contributed by atoms with Gasteiger partial charge in [0.1, 0.15) is 0 Å². The second kappa shape index (κ2) is 3.50. The third-order valence-electron chi connectivity index (χ3n) is 2.55. The lowest BCUT2D eigenvalue weighted by atomic mass is 10.1. The van der Waals surface area contributed by atoms with Gasteiger partial charge in [-0.25, -0.2) is 0 Å². The Morgan fingerprint density at radius 1 is 1.62 bits per heavy atom. The Bertz CT molecular complexity index is 231. The fourth-order valence-electron chi connectivity index (χ4n) is 1.54. The average molecular weight is 182 g/mol. The van der Waals surface area contributed by atoms with Gasteiger partial charge in [0.25, 0.3) is 0 Å². The van der Waals surface area contributed by atoms with Crippen molar-refractivity contribution in [2.45, 2.75) is 19.8 Å². The second-order valence-electron chi connectivity index (χ2n) is 4.10. The number of hydrogen-bond donors (Lipinski definition) is 1. The highest BCUT2D eigenvalue weighted by Crippen LogP contribution is 2.45. The van der Waals surface area contributed by atoms with E-state index in [2.05, 4.69) is 6.58 Å². The molecule has 0 bridgehead atoms. The van der Waals surface area contributed by atoms with Gasteiger partial charge in [-0.05, 0) is 19.8 Å². The zero-order chi connectivity index (χ0) is 10.1. The fraction of sp³-hybridized carbons (Fsp3) is 0.700. The highest BCUT2D eigenvalue weighted by Gasteiger charge is 2.49. The van der Waals surface area contributed by atoms with Crippen molar-refractivity contribution in [3.8, 4) is 0 Å². The molecule has 0 aromatic carbocycles. The smallest absolute Gasteiger partial charge is 0.230 e. The van der Waals surface area contributed by atoms with Gasteiger partial charge >= 0.3 is 0 Å². The van der Waals surface area contributed by atoms with Gasteiger partial charge in [0.2, 0.25) is 5.91 Å². The molecule has 13 heavy (non-hydrogen) atoms. The molecule has 3 nitrogen and oxygen atoms in total. The van der Waals surface area contributed by atoms with Gasteiger partial charge in [0.15, 0.2) is 0 Å². The third kappa shape index (κ3) is 2.10. The number of rotatable bonds is 4. The number of likely N-dealkylation sites (N-methyl/N-ethyl adjacent to an activating group) is 1. The summed E-state index contributed by atoms with van der Waals surface area (Å²) in [5.74, 6) is 0.179. The quantitative estimate of drug-likeness (QED) is 0.652. The maximum absolute atomic E-state index is 11.8. The zero-order valence-corrected chi connectivity index (χ0v) is 8.47. The lowest BCUT2D eigenvalue weighted by Gasteiger charge is -2.22. The summed E-state index contributed by atoms with van der Waals surface area (Å²) in [5.41, 5.74) is 6.35. The van der Waals surface area contributed by atoms with Gasteiger partial charge < -0.3 is 10.6 Å². The van der Waals surface area contributed by atoms with Gasteiger partial charge in [-0.2, -0.15) is 0 Å². The van der Waals surface area contributed by atoms with Crippen LogP contribution in [-0.2, 0) is 4.79 Å². The SMILES string of the molecule is C=C(C)CN(C)C(=O)C1(CN)CC1. The molecule has 0 spiro atoms. The van der Waals surface area contributed by atoms with E-state index < -0.39 is 0 Å². The number of carbonyl (C=O) groups is 1. The Balaban J connectivity index is 2.52. The standard InChI is InChI=1S/C10H18N2O/c1-8(2)6-12(3)9(13)10(7-11)4-5-10/h1,4-7,11H2,2-3H3. The number of hydrogen-bond acceptors (Lipinski definition) is 2. The number of nitrogens with two attached hydrogens (primary N) is 1. The van der Waals surface area contributed by atoms with Crippen LogP contribution in [0.1, 0.15) is 19.8 Å². The molecule has 1 rings (SSSR count). The van der Waals surface area contributed by atoms with Crippen molar-refractivity contribution in [3.63, 3.8) is 0 Å². The minimum absolute atomic E-state index is 0.179. The summed E-state index contributed by atoms with van der Waals surface area (Å²) in [6, 6.07) is 0. The number of amides is 1. The van der Waals surface area contributed by atoms with Gasteiger partial charge in [-0.1, -0.05) is 12.2 Å². The van der Waals surface area contributed by atoms with E-state index in [4.69, 9.17) is 5.73 Å². The molecule has 0 radical (unpaired) electrons. The molecule has 1 aliphatic carbocycles. The molecule has 1 amide bonds. The zero-order valence-electron chi connectivity index (χ0n) is 8.47. The maximum Gasteiger partial charge on any atom is 0.230 e. The van der Waals surface area contributed by atoms with E-state index in [0.717, 1.165) is 18.4 Å². The lowest BCUT2D eigenvalue weighted by molar-refractivity contribution is -0.134. The lowest BCUT2D eigenvalue weighted by Crippen LogP contribution is -2.38. The Morgan fingerprint density at radius 3 is 2.46 bits per heavy atom. The van der Waals surface area contributed by atoms with Gasteiger partial charge in [-0.15, -0.1) is 0 Å². The highest BCUT2D eigenvalue weighted by atomic mass is 16.2. The summed E-state index contributed by atoms with van der Waals surface area (Å²) in [7, 11) is 1.81. The molecule has 2 N–H and O–H groups in total. The molecule has 0 aromatic heterocycles. The van der Waals surface area contributed by atoms with E-state index in [1.54, 1.807) is 4.90 Å². The summed E-state index contributed by atoms with van der Waals surface area (Å²) in [6.07, 6.45) is 1.89. The van der Waals surface area contributed by atoms with Crippen molar-refractivity contribution >= 4 is 5.91 Å². The fourth-order valence-corrected chi connectivity index (χ4v) is 1.54. The first-order valence-electron chi connectivity index (χ1n) is 4.62. The van der Waals surface area contributed by atoms with Crippen LogP contribution in [0.5, 0.6) is 0 Å². The Hall–Kier alpha value is -0.830. The summed E-state index contributed by atoms with van der Waals surface area (Å²) in [6.45, 7) is 6.82. The van der Waals surface area contributed by atoms with Gasteiger partial charge in [0.05, 0.1) is 5.41 Å². The van der Waals surface area contributed by atoms with Crippen molar-refractivity contribution in [2.75, 3.05) is 20.1 Å². The first kappa shape index (κ1) is 10.3. The molecular weight excluding hydrogens is 164 g/mol. The summed E-state index contributed by atoms with van der Waals surface area (Å²) in [4.78, 5) is 13.5. The van der Waals surface area contributed by atoms with Crippen LogP contribution in [0.2, 0.25) is 0 Å². The molecule has 0 aromatic rings. The third-order valence-corrected chi connectivity index (χ3v) is 2.55. The number of carbonyl (C=O) groups excluding carboxylic acids is 1.